The average Bonchev–Trinajstić information content (AvgIpc) is 3.16. The lowest BCUT2D eigenvalue weighted by atomic mass is 9.90. The number of aryl methyl sites for hydroxylation is 2. The fourth-order valence-electron chi connectivity index (χ4n) is 4.18. The zero-order valence-electron chi connectivity index (χ0n) is 16.8. The lowest BCUT2D eigenvalue weighted by Crippen LogP contribution is -2.33. The van der Waals surface area contributed by atoms with E-state index in [0.717, 1.165) is 32.4 Å². The molecule has 1 aliphatic carbocycles. The number of benzene rings is 1. The first-order valence-corrected chi connectivity index (χ1v) is 10.1. The Balaban J connectivity index is 1.59. The number of pyridine rings is 1. The van der Waals surface area contributed by atoms with Gasteiger partial charge in [-0.1, -0.05) is 18.2 Å². The molecule has 0 bridgehead atoms. The number of nitrogens with zero attached hydrogens (tertiary/aromatic N) is 4. The number of amides is 1. The second kappa shape index (κ2) is 8.57. The molecule has 4 rings (SSSR count). The van der Waals surface area contributed by atoms with Gasteiger partial charge in [0.05, 0.1) is 18.1 Å². The number of imidazole rings is 1. The molecule has 0 saturated carbocycles. The van der Waals surface area contributed by atoms with Gasteiger partial charge in [0.25, 0.3) is 0 Å². The smallest absolute Gasteiger partial charge is 0.248 e. The lowest BCUT2D eigenvalue weighted by Gasteiger charge is -2.35. The molecule has 6 nitrogen and oxygen atoms in total. The van der Waals surface area contributed by atoms with Crippen LogP contribution in [0.5, 0.6) is 0 Å². The molecule has 1 aliphatic rings. The van der Waals surface area contributed by atoms with E-state index in [1.807, 2.05) is 56.1 Å². The Kier molecular flexibility index (Phi) is 5.71. The second-order valence-electron chi connectivity index (χ2n) is 7.73. The number of aromatic nitrogens is 3. The number of rotatable bonds is 7. The van der Waals surface area contributed by atoms with E-state index < -0.39 is 5.91 Å². The second-order valence-corrected chi connectivity index (χ2v) is 7.73. The maximum atomic E-state index is 11.4. The van der Waals surface area contributed by atoms with Gasteiger partial charge in [-0.15, -0.1) is 0 Å². The number of primary amides is 1. The van der Waals surface area contributed by atoms with E-state index in [2.05, 4.69) is 20.5 Å². The van der Waals surface area contributed by atoms with Gasteiger partial charge < -0.3 is 10.3 Å². The number of fused-ring (bicyclic) bond motifs is 1. The van der Waals surface area contributed by atoms with Crippen molar-refractivity contribution in [3.05, 3.63) is 83.2 Å². The first kappa shape index (κ1) is 19.3. The molecule has 1 unspecified atom stereocenters. The molecule has 0 saturated heterocycles. The average molecular weight is 390 g/mol. The van der Waals surface area contributed by atoms with Crippen molar-refractivity contribution in [2.75, 3.05) is 6.54 Å². The van der Waals surface area contributed by atoms with Crippen molar-refractivity contribution in [3.8, 4) is 0 Å². The predicted molar refractivity (Wildman–Crippen MR) is 112 cm³/mol. The maximum Gasteiger partial charge on any atom is 0.248 e. The van der Waals surface area contributed by atoms with Gasteiger partial charge >= 0.3 is 0 Å². The van der Waals surface area contributed by atoms with Crippen molar-refractivity contribution in [1.29, 1.82) is 0 Å². The molecule has 0 spiro atoms. The van der Waals surface area contributed by atoms with Gasteiger partial charge in [-0.2, -0.15) is 0 Å². The molecule has 1 atom stereocenters. The summed E-state index contributed by atoms with van der Waals surface area (Å²) in [6.45, 7) is 1.72. The van der Waals surface area contributed by atoms with Crippen LogP contribution in [0.15, 0.2) is 55.1 Å². The van der Waals surface area contributed by atoms with E-state index in [1.165, 1.54) is 28.9 Å². The molecule has 2 N–H and O–H groups in total. The summed E-state index contributed by atoms with van der Waals surface area (Å²) in [4.78, 5) is 22.9. The van der Waals surface area contributed by atoms with Gasteiger partial charge in [-0.25, -0.2) is 4.98 Å². The minimum atomic E-state index is -0.393. The van der Waals surface area contributed by atoms with E-state index in [0.29, 0.717) is 11.6 Å². The third-order valence-electron chi connectivity index (χ3n) is 5.80. The third-order valence-corrected chi connectivity index (χ3v) is 5.80. The molecule has 0 aliphatic heterocycles. The maximum absolute atomic E-state index is 11.4. The van der Waals surface area contributed by atoms with Crippen molar-refractivity contribution in [2.45, 2.75) is 38.3 Å². The normalized spacial score (nSPS) is 16.0. The van der Waals surface area contributed by atoms with Crippen LogP contribution >= 0.6 is 0 Å². The highest BCUT2D eigenvalue weighted by Gasteiger charge is 2.27. The predicted octanol–water partition coefficient (Wildman–Crippen LogP) is 3.04. The fourth-order valence-corrected chi connectivity index (χ4v) is 4.18. The number of nitrogens with two attached hydrogens (primary N) is 1. The van der Waals surface area contributed by atoms with Crippen LogP contribution in [0.2, 0.25) is 0 Å². The van der Waals surface area contributed by atoms with Crippen LogP contribution in [0, 0.1) is 0 Å². The standard InChI is InChI=1S/C23H27N5O/c1-27-16-25-14-20(27)11-13-28(15-17-7-9-19(10-8-17)23(24)29)21-6-2-4-18-5-3-12-26-22(18)21/h3,5,7-10,12,14,16,21H,2,4,6,11,13,15H2,1H3,(H2,24,29). The molecule has 3 aromatic rings. The van der Waals surface area contributed by atoms with Crippen molar-refractivity contribution in [1.82, 2.24) is 19.4 Å². The zero-order chi connectivity index (χ0) is 20.2. The number of carbonyl (C=O) groups excluding carboxylic acids is 1. The number of hydrogen-bond acceptors (Lipinski definition) is 4. The van der Waals surface area contributed by atoms with Crippen molar-refractivity contribution < 1.29 is 4.79 Å². The molecule has 2 aromatic heterocycles. The van der Waals surface area contributed by atoms with Crippen molar-refractivity contribution >= 4 is 5.91 Å². The highest BCUT2D eigenvalue weighted by atomic mass is 16.1. The Morgan fingerprint density at radius 3 is 2.83 bits per heavy atom. The molecular weight excluding hydrogens is 362 g/mol. The van der Waals surface area contributed by atoms with Gasteiger partial charge in [-0.05, 0) is 48.6 Å². The SMILES string of the molecule is Cn1cncc1CCN(Cc1ccc(C(N)=O)cc1)C1CCCc2cccnc21. The molecule has 1 amide bonds. The highest BCUT2D eigenvalue weighted by molar-refractivity contribution is 5.92. The van der Waals surface area contributed by atoms with Crippen LogP contribution in [0.25, 0.3) is 0 Å². The summed E-state index contributed by atoms with van der Waals surface area (Å²) >= 11 is 0. The summed E-state index contributed by atoms with van der Waals surface area (Å²) in [5, 5.41) is 0. The number of carbonyl (C=O) groups is 1. The minimum Gasteiger partial charge on any atom is -0.366 e. The first-order valence-electron chi connectivity index (χ1n) is 10.1. The van der Waals surface area contributed by atoms with Crippen LogP contribution in [0.3, 0.4) is 0 Å². The summed E-state index contributed by atoms with van der Waals surface area (Å²) < 4.78 is 2.08. The van der Waals surface area contributed by atoms with Crippen LogP contribution in [-0.2, 0) is 26.4 Å². The van der Waals surface area contributed by atoms with Crippen LogP contribution in [-0.4, -0.2) is 31.9 Å². The highest BCUT2D eigenvalue weighted by Crippen LogP contribution is 2.33. The topological polar surface area (TPSA) is 77.0 Å². The van der Waals surface area contributed by atoms with E-state index in [9.17, 15) is 4.79 Å². The van der Waals surface area contributed by atoms with Gasteiger partial charge in [-0.3, -0.25) is 14.7 Å². The summed E-state index contributed by atoms with van der Waals surface area (Å²) in [5.41, 5.74) is 10.9. The quantitative estimate of drug-likeness (QED) is 0.674. The van der Waals surface area contributed by atoms with Crippen LogP contribution in [0.1, 0.15) is 51.8 Å². The van der Waals surface area contributed by atoms with Gasteiger partial charge in [0.1, 0.15) is 0 Å². The molecule has 6 heteroatoms. The molecule has 0 fully saturated rings. The Labute approximate surface area is 171 Å². The Bertz CT molecular complexity index is 979. The van der Waals surface area contributed by atoms with E-state index >= 15 is 0 Å². The summed E-state index contributed by atoms with van der Waals surface area (Å²) in [7, 11) is 2.03. The van der Waals surface area contributed by atoms with Gasteiger partial charge in [0.2, 0.25) is 5.91 Å². The summed E-state index contributed by atoms with van der Waals surface area (Å²) in [6.07, 6.45) is 9.99. The molecule has 29 heavy (non-hydrogen) atoms. The largest absolute Gasteiger partial charge is 0.366 e. The van der Waals surface area contributed by atoms with Crippen LogP contribution in [0.4, 0.5) is 0 Å². The van der Waals surface area contributed by atoms with Crippen molar-refractivity contribution in [3.63, 3.8) is 0 Å². The molecule has 150 valence electrons. The monoisotopic (exact) mass is 389 g/mol. The Hall–Kier alpha value is -2.99. The fraction of sp³-hybridized carbons (Fsp3) is 0.348. The van der Waals surface area contributed by atoms with Crippen LogP contribution < -0.4 is 5.73 Å². The molecule has 0 radical (unpaired) electrons. The Morgan fingerprint density at radius 1 is 1.28 bits per heavy atom. The van der Waals surface area contributed by atoms with E-state index in [-0.39, 0.29) is 0 Å². The summed E-state index contributed by atoms with van der Waals surface area (Å²) in [5.74, 6) is -0.393. The minimum absolute atomic E-state index is 0.295. The number of hydrogen-bond donors (Lipinski definition) is 1. The third kappa shape index (κ3) is 4.38. The van der Waals surface area contributed by atoms with Crippen molar-refractivity contribution in [2.24, 2.45) is 12.8 Å². The molecule has 1 aromatic carbocycles. The lowest BCUT2D eigenvalue weighted by molar-refractivity contribution is 0.1000. The first-order chi connectivity index (χ1) is 14.1. The van der Waals surface area contributed by atoms with E-state index in [1.54, 1.807) is 0 Å². The van der Waals surface area contributed by atoms with Gasteiger partial charge in [0, 0.05) is 50.2 Å². The summed E-state index contributed by atoms with van der Waals surface area (Å²) in [6, 6.07) is 12.1. The van der Waals surface area contributed by atoms with E-state index in [4.69, 9.17) is 10.7 Å². The zero-order valence-corrected chi connectivity index (χ0v) is 16.8. The molecule has 2 heterocycles. The van der Waals surface area contributed by atoms with Gasteiger partial charge in [0.15, 0.2) is 0 Å². The molecular formula is C23H27N5O. The Morgan fingerprint density at radius 2 is 2.10 bits per heavy atom.